The summed E-state index contributed by atoms with van der Waals surface area (Å²) in [6.45, 7) is 0. The summed E-state index contributed by atoms with van der Waals surface area (Å²) < 4.78 is 0. The van der Waals surface area contributed by atoms with Crippen molar-refractivity contribution in [2.75, 3.05) is 0 Å². The van der Waals surface area contributed by atoms with Crippen molar-refractivity contribution < 1.29 is 5.11 Å². The van der Waals surface area contributed by atoms with Crippen molar-refractivity contribution in [3.05, 3.63) is 0 Å². The van der Waals surface area contributed by atoms with Gasteiger partial charge in [0.05, 0.1) is 6.10 Å². The number of hydrogen-bond donors (Lipinski definition) is 1. The van der Waals surface area contributed by atoms with E-state index >= 15 is 0 Å². The van der Waals surface area contributed by atoms with E-state index < -0.39 is 0 Å². The van der Waals surface area contributed by atoms with E-state index in [2.05, 4.69) is 5.92 Å². The van der Waals surface area contributed by atoms with Gasteiger partial charge in [-0.15, -0.1) is 12.3 Å². The third-order valence-electron chi connectivity index (χ3n) is 4.18. The average Bonchev–Trinajstić information content (AvgIpc) is 2.27. The Balaban J connectivity index is 1.88. The van der Waals surface area contributed by atoms with Gasteiger partial charge in [0.15, 0.2) is 0 Å². The van der Waals surface area contributed by atoms with Gasteiger partial charge in [-0.3, -0.25) is 0 Å². The molecule has 0 aromatic carbocycles. The first-order valence-electron chi connectivity index (χ1n) is 5.92. The van der Waals surface area contributed by atoms with E-state index in [1.54, 1.807) is 0 Å². The maximum Gasteiger partial charge on any atom is 0.0580 e. The number of aliphatic hydroxyl groups is 1. The van der Waals surface area contributed by atoms with Gasteiger partial charge in [0.25, 0.3) is 0 Å². The second-order valence-electron chi connectivity index (χ2n) is 4.99. The maximum atomic E-state index is 10.0. The SMILES string of the molecule is C#CCCC(O)C1CC2CCC1CC2. The molecule has 0 aromatic rings. The van der Waals surface area contributed by atoms with Crippen molar-refractivity contribution >= 4 is 0 Å². The average molecular weight is 192 g/mol. The minimum Gasteiger partial charge on any atom is -0.393 e. The Morgan fingerprint density at radius 1 is 1.29 bits per heavy atom. The molecule has 3 rings (SSSR count). The molecule has 1 nitrogen and oxygen atoms in total. The van der Waals surface area contributed by atoms with Gasteiger partial charge in [-0.25, -0.2) is 0 Å². The van der Waals surface area contributed by atoms with Crippen LogP contribution in [0, 0.1) is 30.1 Å². The van der Waals surface area contributed by atoms with E-state index in [-0.39, 0.29) is 6.10 Å². The molecule has 78 valence electrons. The highest BCUT2D eigenvalue weighted by molar-refractivity contribution is 4.91. The van der Waals surface area contributed by atoms with E-state index in [4.69, 9.17) is 6.42 Å². The molecule has 2 bridgehead atoms. The predicted octanol–water partition coefficient (Wildman–Crippen LogP) is 2.59. The van der Waals surface area contributed by atoms with E-state index in [9.17, 15) is 5.11 Å². The Kier molecular flexibility index (Phi) is 3.13. The Bertz CT molecular complexity index is 220. The van der Waals surface area contributed by atoms with Gasteiger partial charge in [-0.2, -0.15) is 0 Å². The molecule has 3 saturated carbocycles. The summed E-state index contributed by atoms with van der Waals surface area (Å²) in [6.07, 6.45) is 13.4. The lowest BCUT2D eigenvalue weighted by Crippen LogP contribution is -2.38. The predicted molar refractivity (Wildman–Crippen MR) is 57.6 cm³/mol. The Morgan fingerprint density at radius 3 is 2.50 bits per heavy atom. The highest BCUT2D eigenvalue weighted by Gasteiger charge is 2.38. The van der Waals surface area contributed by atoms with Crippen molar-refractivity contribution in [3.63, 3.8) is 0 Å². The van der Waals surface area contributed by atoms with Gasteiger partial charge >= 0.3 is 0 Å². The van der Waals surface area contributed by atoms with Crippen molar-refractivity contribution in [3.8, 4) is 12.3 Å². The molecule has 0 heterocycles. The summed E-state index contributed by atoms with van der Waals surface area (Å²) in [5.74, 6) is 4.89. The second kappa shape index (κ2) is 4.36. The summed E-state index contributed by atoms with van der Waals surface area (Å²) in [6, 6.07) is 0. The molecule has 0 spiro atoms. The molecule has 0 aliphatic heterocycles. The lowest BCUT2D eigenvalue weighted by Gasteiger charge is -2.44. The molecule has 1 heteroatoms. The number of fused-ring (bicyclic) bond motifs is 3. The first-order chi connectivity index (χ1) is 6.81. The van der Waals surface area contributed by atoms with E-state index in [0.717, 1.165) is 24.7 Å². The molecule has 3 aliphatic carbocycles. The molecule has 0 radical (unpaired) electrons. The smallest absolute Gasteiger partial charge is 0.0580 e. The Morgan fingerprint density at radius 2 is 2.00 bits per heavy atom. The minimum atomic E-state index is -0.126. The number of rotatable bonds is 3. The standard InChI is InChI=1S/C13H20O/c1-2-3-4-13(14)12-9-10-5-7-11(12)8-6-10/h1,10-14H,3-9H2. The molecule has 14 heavy (non-hydrogen) atoms. The summed E-state index contributed by atoms with van der Waals surface area (Å²) in [5, 5.41) is 10.0. The van der Waals surface area contributed by atoms with Crippen LogP contribution in [0.15, 0.2) is 0 Å². The third kappa shape index (κ3) is 1.96. The minimum absolute atomic E-state index is 0.126. The highest BCUT2D eigenvalue weighted by Crippen LogP contribution is 2.46. The summed E-state index contributed by atoms with van der Waals surface area (Å²) >= 11 is 0. The molecule has 0 amide bonds. The van der Waals surface area contributed by atoms with Gasteiger partial charge in [0, 0.05) is 6.42 Å². The zero-order valence-electron chi connectivity index (χ0n) is 8.78. The number of aliphatic hydroxyl groups excluding tert-OH is 1. The molecular formula is C13H20O. The fourth-order valence-corrected chi connectivity index (χ4v) is 3.35. The summed E-state index contributed by atoms with van der Waals surface area (Å²) in [7, 11) is 0. The Labute approximate surface area is 86.9 Å². The molecular weight excluding hydrogens is 172 g/mol. The first kappa shape index (κ1) is 10.1. The van der Waals surface area contributed by atoms with Gasteiger partial charge in [-0.05, 0) is 43.4 Å². The molecule has 0 saturated heterocycles. The lowest BCUT2D eigenvalue weighted by molar-refractivity contribution is -0.00658. The van der Waals surface area contributed by atoms with Gasteiger partial charge in [0.1, 0.15) is 0 Å². The van der Waals surface area contributed by atoms with Crippen molar-refractivity contribution in [2.24, 2.45) is 17.8 Å². The molecule has 0 aromatic heterocycles. The fraction of sp³-hybridized carbons (Fsp3) is 0.846. The normalized spacial score (nSPS) is 37.9. The maximum absolute atomic E-state index is 10.0. The van der Waals surface area contributed by atoms with E-state index in [0.29, 0.717) is 5.92 Å². The van der Waals surface area contributed by atoms with Crippen LogP contribution < -0.4 is 0 Å². The molecule has 2 atom stereocenters. The van der Waals surface area contributed by atoms with E-state index in [1.807, 2.05) is 0 Å². The topological polar surface area (TPSA) is 20.2 Å². The van der Waals surface area contributed by atoms with Crippen LogP contribution in [0.25, 0.3) is 0 Å². The van der Waals surface area contributed by atoms with Crippen molar-refractivity contribution in [1.82, 2.24) is 0 Å². The monoisotopic (exact) mass is 192 g/mol. The van der Waals surface area contributed by atoms with Crippen LogP contribution in [-0.4, -0.2) is 11.2 Å². The molecule has 3 fully saturated rings. The van der Waals surface area contributed by atoms with Crippen LogP contribution in [0.1, 0.15) is 44.9 Å². The second-order valence-corrected chi connectivity index (χ2v) is 4.99. The zero-order chi connectivity index (χ0) is 9.97. The highest BCUT2D eigenvalue weighted by atomic mass is 16.3. The van der Waals surface area contributed by atoms with Gasteiger partial charge < -0.3 is 5.11 Å². The first-order valence-corrected chi connectivity index (χ1v) is 5.92. The number of terminal acetylenes is 1. The molecule has 2 unspecified atom stereocenters. The van der Waals surface area contributed by atoms with Crippen LogP contribution in [0.3, 0.4) is 0 Å². The largest absolute Gasteiger partial charge is 0.393 e. The number of hydrogen-bond acceptors (Lipinski definition) is 1. The third-order valence-corrected chi connectivity index (χ3v) is 4.18. The Hall–Kier alpha value is -0.480. The van der Waals surface area contributed by atoms with Crippen LogP contribution in [0.4, 0.5) is 0 Å². The van der Waals surface area contributed by atoms with Gasteiger partial charge in [0.2, 0.25) is 0 Å². The van der Waals surface area contributed by atoms with E-state index in [1.165, 1.54) is 32.1 Å². The zero-order valence-corrected chi connectivity index (χ0v) is 8.78. The van der Waals surface area contributed by atoms with Crippen LogP contribution in [-0.2, 0) is 0 Å². The van der Waals surface area contributed by atoms with Crippen LogP contribution in [0.2, 0.25) is 0 Å². The summed E-state index contributed by atoms with van der Waals surface area (Å²) in [5.41, 5.74) is 0. The summed E-state index contributed by atoms with van der Waals surface area (Å²) in [4.78, 5) is 0. The van der Waals surface area contributed by atoms with Crippen molar-refractivity contribution in [1.29, 1.82) is 0 Å². The molecule has 1 N–H and O–H groups in total. The fourth-order valence-electron chi connectivity index (χ4n) is 3.35. The van der Waals surface area contributed by atoms with Crippen LogP contribution >= 0.6 is 0 Å². The lowest BCUT2D eigenvalue weighted by atomic mass is 9.63. The quantitative estimate of drug-likeness (QED) is 0.681. The van der Waals surface area contributed by atoms with Crippen LogP contribution in [0.5, 0.6) is 0 Å². The molecule has 3 aliphatic rings. The van der Waals surface area contributed by atoms with Gasteiger partial charge in [-0.1, -0.05) is 12.8 Å². The van der Waals surface area contributed by atoms with Crippen molar-refractivity contribution in [2.45, 2.75) is 51.0 Å².